The van der Waals surface area contributed by atoms with Gasteiger partial charge in [0, 0.05) is 18.9 Å². The number of carbonyl (C=O) groups excluding carboxylic acids is 1. The van der Waals surface area contributed by atoms with Crippen molar-refractivity contribution < 1.29 is 44.6 Å². The molecular weight excluding hydrogens is 348 g/mol. The number of benzene rings is 1. The van der Waals surface area contributed by atoms with Crippen molar-refractivity contribution in [2.45, 2.75) is 36.8 Å². The van der Waals surface area contributed by atoms with Gasteiger partial charge in [0.2, 0.25) is 0 Å². The number of rotatable bonds is 5. The number of carboxylic acids is 1. The normalized spacial score (nSPS) is 28.7. The van der Waals surface area contributed by atoms with Crippen LogP contribution >= 0.6 is 0 Å². The van der Waals surface area contributed by atoms with Crippen LogP contribution in [0.25, 0.3) is 6.08 Å². The Labute approximate surface area is 148 Å². The summed E-state index contributed by atoms with van der Waals surface area (Å²) >= 11 is 0. The SMILES string of the molecule is COc1cc(/C=C/C(=O)OC2[C@@H](O)CC(O)(C(=O)O)C[C@@H]2O)ccc1O. The molecule has 2 atom stereocenters. The van der Waals surface area contributed by atoms with Gasteiger partial charge in [0.15, 0.2) is 23.2 Å². The quantitative estimate of drug-likeness (QED) is 0.347. The van der Waals surface area contributed by atoms with Crippen LogP contribution in [0.2, 0.25) is 0 Å². The number of aliphatic hydroxyl groups excluding tert-OH is 2. The lowest BCUT2D eigenvalue weighted by molar-refractivity contribution is -0.196. The second kappa shape index (κ2) is 7.73. The van der Waals surface area contributed by atoms with Gasteiger partial charge in [0.25, 0.3) is 0 Å². The van der Waals surface area contributed by atoms with Crippen LogP contribution in [0, 0.1) is 0 Å². The van der Waals surface area contributed by atoms with E-state index in [1.54, 1.807) is 0 Å². The Kier molecular flexibility index (Phi) is 5.86. The van der Waals surface area contributed by atoms with Crippen molar-refractivity contribution in [1.82, 2.24) is 0 Å². The van der Waals surface area contributed by atoms with E-state index in [9.17, 15) is 30.0 Å². The number of hydrogen-bond acceptors (Lipinski definition) is 8. The molecule has 0 heterocycles. The largest absolute Gasteiger partial charge is 0.504 e. The molecule has 0 radical (unpaired) electrons. The van der Waals surface area contributed by atoms with Crippen molar-refractivity contribution in [3.8, 4) is 11.5 Å². The van der Waals surface area contributed by atoms with E-state index in [0.717, 1.165) is 6.08 Å². The lowest BCUT2D eigenvalue weighted by atomic mass is 9.79. The maximum atomic E-state index is 11.9. The first-order chi connectivity index (χ1) is 12.2. The smallest absolute Gasteiger partial charge is 0.335 e. The number of ether oxygens (including phenoxy) is 2. The number of aliphatic carboxylic acids is 1. The maximum Gasteiger partial charge on any atom is 0.335 e. The van der Waals surface area contributed by atoms with E-state index in [1.165, 1.54) is 31.4 Å². The summed E-state index contributed by atoms with van der Waals surface area (Å²) in [5, 5.41) is 48.2. The molecule has 1 aromatic carbocycles. The number of esters is 1. The van der Waals surface area contributed by atoms with Gasteiger partial charge in [-0.15, -0.1) is 0 Å². The summed E-state index contributed by atoms with van der Waals surface area (Å²) in [6.45, 7) is 0. The molecular formula is C17H20O9. The Hall–Kier alpha value is -2.62. The number of phenolic OH excluding ortho intramolecular Hbond substituents is 1. The van der Waals surface area contributed by atoms with E-state index in [1.807, 2.05) is 0 Å². The summed E-state index contributed by atoms with van der Waals surface area (Å²) in [4.78, 5) is 22.9. The highest BCUT2D eigenvalue weighted by molar-refractivity contribution is 5.87. The first-order valence-corrected chi connectivity index (χ1v) is 7.74. The molecule has 26 heavy (non-hydrogen) atoms. The summed E-state index contributed by atoms with van der Waals surface area (Å²) in [7, 11) is 1.38. The van der Waals surface area contributed by atoms with E-state index < -0.39 is 48.7 Å². The van der Waals surface area contributed by atoms with Gasteiger partial charge in [-0.25, -0.2) is 9.59 Å². The van der Waals surface area contributed by atoms with Gasteiger partial charge < -0.3 is 35.0 Å². The topological polar surface area (TPSA) is 154 Å². The van der Waals surface area contributed by atoms with Crippen molar-refractivity contribution in [2.24, 2.45) is 0 Å². The number of carboxylic acid groups (broad SMARTS) is 1. The molecule has 142 valence electrons. The summed E-state index contributed by atoms with van der Waals surface area (Å²) in [6, 6.07) is 4.39. The van der Waals surface area contributed by atoms with Crippen LogP contribution < -0.4 is 4.74 Å². The van der Waals surface area contributed by atoms with Crippen LogP contribution in [-0.2, 0) is 14.3 Å². The second-order valence-electron chi connectivity index (χ2n) is 6.05. The third-order valence-corrected chi connectivity index (χ3v) is 4.12. The van der Waals surface area contributed by atoms with Crippen molar-refractivity contribution in [2.75, 3.05) is 7.11 Å². The highest BCUT2D eigenvalue weighted by Crippen LogP contribution is 2.31. The minimum atomic E-state index is -2.28. The van der Waals surface area contributed by atoms with Gasteiger partial charge in [0.1, 0.15) is 0 Å². The van der Waals surface area contributed by atoms with Crippen LogP contribution in [0.15, 0.2) is 24.3 Å². The lowest BCUT2D eigenvalue weighted by Crippen LogP contribution is -2.57. The highest BCUT2D eigenvalue weighted by atomic mass is 16.6. The third kappa shape index (κ3) is 4.31. The van der Waals surface area contributed by atoms with Crippen LogP contribution in [0.5, 0.6) is 11.5 Å². The Balaban J connectivity index is 2.02. The molecule has 0 amide bonds. The van der Waals surface area contributed by atoms with E-state index in [2.05, 4.69) is 0 Å². The molecule has 0 bridgehead atoms. The van der Waals surface area contributed by atoms with E-state index in [0.29, 0.717) is 5.56 Å². The molecule has 0 unspecified atom stereocenters. The molecule has 9 heteroatoms. The lowest BCUT2D eigenvalue weighted by Gasteiger charge is -2.39. The predicted molar refractivity (Wildman–Crippen MR) is 87.4 cm³/mol. The van der Waals surface area contributed by atoms with Crippen molar-refractivity contribution >= 4 is 18.0 Å². The Morgan fingerprint density at radius 2 is 1.85 bits per heavy atom. The van der Waals surface area contributed by atoms with Gasteiger partial charge >= 0.3 is 11.9 Å². The van der Waals surface area contributed by atoms with Crippen molar-refractivity contribution in [3.05, 3.63) is 29.8 Å². The molecule has 0 aliphatic heterocycles. The van der Waals surface area contributed by atoms with Gasteiger partial charge in [-0.1, -0.05) is 6.07 Å². The van der Waals surface area contributed by atoms with Crippen molar-refractivity contribution in [3.63, 3.8) is 0 Å². The molecule has 9 nitrogen and oxygen atoms in total. The minimum Gasteiger partial charge on any atom is -0.504 e. The zero-order valence-corrected chi connectivity index (χ0v) is 13.9. The summed E-state index contributed by atoms with van der Waals surface area (Å²) < 4.78 is 9.92. The fourth-order valence-electron chi connectivity index (χ4n) is 2.73. The van der Waals surface area contributed by atoms with Gasteiger partial charge in [0.05, 0.1) is 19.3 Å². The van der Waals surface area contributed by atoms with Gasteiger partial charge in [-0.05, 0) is 23.8 Å². The van der Waals surface area contributed by atoms with Gasteiger partial charge in [-0.2, -0.15) is 0 Å². The molecule has 1 aliphatic rings. The first-order valence-electron chi connectivity index (χ1n) is 7.74. The zero-order chi connectivity index (χ0) is 19.5. The predicted octanol–water partition coefficient (Wildman–Crippen LogP) is -0.343. The summed E-state index contributed by atoms with van der Waals surface area (Å²) in [6.07, 6.45) is -3.16. The van der Waals surface area contributed by atoms with Crippen LogP contribution in [-0.4, -0.2) is 68.5 Å². The Bertz CT molecular complexity index is 700. The molecule has 1 aliphatic carbocycles. The Morgan fingerprint density at radius 1 is 1.23 bits per heavy atom. The number of carbonyl (C=O) groups is 2. The third-order valence-electron chi connectivity index (χ3n) is 4.12. The van der Waals surface area contributed by atoms with Gasteiger partial charge in [-0.3, -0.25) is 0 Å². The fraction of sp³-hybridized carbons (Fsp3) is 0.412. The van der Waals surface area contributed by atoms with E-state index in [4.69, 9.17) is 14.6 Å². The highest BCUT2D eigenvalue weighted by Gasteiger charge is 2.50. The molecule has 0 aromatic heterocycles. The second-order valence-corrected chi connectivity index (χ2v) is 6.05. The molecule has 5 N–H and O–H groups in total. The molecule has 1 saturated carbocycles. The molecule has 2 rings (SSSR count). The number of aromatic hydroxyl groups is 1. The van der Waals surface area contributed by atoms with E-state index >= 15 is 0 Å². The molecule has 0 saturated heterocycles. The number of phenols is 1. The Morgan fingerprint density at radius 3 is 2.38 bits per heavy atom. The average Bonchev–Trinajstić information content (AvgIpc) is 2.57. The van der Waals surface area contributed by atoms with Crippen LogP contribution in [0.1, 0.15) is 18.4 Å². The molecule has 1 aromatic rings. The molecule has 0 spiro atoms. The number of methoxy groups -OCH3 is 1. The standard InChI is InChI=1S/C17H20O9/c1-25-13-6-9(2-4-10(13)18)3-5-14(21)26-15-11(19)7-17(24,16(22)23)8-12(15)20/h2-6,11-12,15,18-20,24H,7-8H2,1H3,(H,22,23)/b5-3+/t11-,12-,15?,17?/m0/s1. The first kappa shape index (κ1) is 19.7. The molecule has 1 fully saturated rings. The maximum absolute atomic E-state index is 11.9. The zero-order valence-electron chi connectivity index (χ0n) is 13.9. The minimum absolute atomic E-state index is 0.0633. The number of aliphatic hydroxyl groups is 3. The number of hydrogen-bond donors (Lipinski definition) is 5. The average molecular weight is 368 g/mol. The monoisotopic (exact) mass is 368 g/mol. The van der Waals surface area contributed by atoms with Crippen molar-refractivity contribution in [1.29, 1.82) is 0 Å². The fourth-order valence-corrected chi connectivity index (χ4v) is 2.73. The summed E-state index contributed by atoms with van der Waals surface area (Å²) in [5.41, 5.74) is -1.75. The summed E-state index contributed by atoms with van der Waals surface area (Å²) in [5.74, 6) is -2.29. The van der Waals surface area contributed by atoms with Crippen LogP contribution in [0.3, 0.4) is 0 Å². The van der Waals surface area contributed by atoms with Crippen LogP contribution in [0.4, 0.5) is 0 Å². The van der Waals surface area contributed by atoms with E-state index in [-0.39, 0.29) is 11.5 Å².